The van der Waals surface area contributed by atoms with E-state index in [2.05, 4.69) is 11.9 Å². The molecule has 2 atom stereocenters. The Morgan fingerprint density at radius 1 is 1.41 bits per heavy atom. The molecule has 1 heterocycles. The van der Waals surface area contributed by atoms with Crippen molar-refractivity contribution in [3.8, 4) is 5.88 Å². The van der Waals surface area contributed by atoms with E-state index in [1.807, 2.05) is 12.1 Å². The number of nitrogens with zero attached hydrogens (tertiary/aromatic N) is 1. The fraction of sp³-hybridized carbons (Fsp3) is 0.643. The number of aromatic nitrogens is 1. The first-order valence-electron chi connectivity index (χ1n) is 6.49. The van der Waals surface area contributed by atoms with Crippen LogP contribution >= 0.6 is 11.6 Å². The van der Waals surface area contributed by atoms with E-state index in [0.29, 0.717) is 12.0 Å². The summed E-state index contributed by atoms with van der Waals surface area (Å²) in [6.45, 7) is 2.26. The molecule has 3 heteroatoms. The Balaban J connectivity index is 1.90. The molecule has 2 nitrogen and oxygen atoms in total. The molecule has 17 heavy (non-hydrogen) atoms. The van der Waals surface area contributed by atoms with Gasteiger partial charge in [0, 0.05) is 18.1 Å². The highest BCUT2D eigenvalue weighted by Gasteiger charge is 2.22. The van der Waals surface area contributed by atoms with Crippen LogP contribution in [0, 0.1) is 5.92 Å². The zero-order valence-corrected chi connectivity index (χ0v) is 11.1. The second-order valence-electron chi connectivity index (χ2n) is 4.82. The zero-order chi connectivity index (χ0) is 12.1. The number of rotatable bonds is 4. The maximum atomic E-state index is 5.93. The van der Waals surface area contributed by atoms with Crippen LogP contribution in [-0.2, 0) is 5.88 Å². The van der Waals surface area contributed by atoms with E-state index in [4.69, 9.17) is 16.3 Å². The summed E-state index contributed by atoms with van der Waals surface area (Å²) in [6, 6.07) is 3.91. The van der Waals surface area contributed by atoms with Gasteiger partial charge in [-0.2, -0.15) is 0 Å². The minimum atomic E-state index is 0.350. The smallest absolute Gasteiger partial charge is 0.213 e. The van der Waals surface area contributed by atoms with Crippen molar-refractivity contribution in [1.29, 1.82) is 0 Å². The Kier molecular flexibility index (Phi) is 4.66. The second kappa shape index (κ2) is 6.25. The largest absolute Gasteiger partial charge is 0.474 e. The van der Waals surface area contributed by atoms with Crippen LogP contribution in [-0.4, -0.2) is 11.1 Å². The van der Waals surface area contributed by atoms with Crippen LogP contribution in [0.15, 0.2) is 18.3 Å². The van der Waals surface area contributed by atoms with Crippen LogP contribution in [0.5, 0.6) is 5.88 Å². The molecule has 0 saturated heterocycles. The van der Waals surface area contributed by atoms with E-state index < -0.39 is 0 Å². The molecule has 1 aliphatic rings. The highest BCUT2D eigenvalue weighted by Crippen LogP contribution is 2.29. The average molecular weight is 254 g/mol. The van der Waals surface area contributed by atoms with Crippen molar-refractivity contribution in [2.24, 2.45) is 5.92 Å². The number of halogens is 1. The third-order valence-electron chi connectivity index (χ3n) is 3.55. The summed E-state index contributed by atoms with van der Waals surface area (Å²) in [5, 5.41) is 0. The van der Waals surface area contributed by atoms with Crippen molar-refractivity contribution in [3.05, 3.63) is 23.9 Å². The van der Waals surface area contributed by atoms with Gasteiger partial charge < -0.3 is 4.74 Å². The van der Waals surface area contributed by atoms with E-state index in [1.54, 1.807) is 6.20 Å². The third kappa shape index (κ3) is 3.60. The summed E-state index contributed by atoms with van der Waals surface area (Å²) >= 11 is 5.73. The van der Waals surface area contributed by atoms with Gasteiger partial charge in [0.2, 0.25) is 5.88 Å². The molecular formula is C14H20ClNO. The van der Waals surface area contributed by atoms with Crippen molar-refractivity contribution in [2.45, 2.75) is 51.0 Å². The molecule has 1 aromatic rings. The molecule has 94 valence electrons. The molecule has 0 aromatic carbocycles. The lowest BCUT2D eigenvalue weighted by Crippen LogP contribution is -2.25. The molecule has 1 fully saturated rings. The summed E-state index contributed by atoms with van der Waals surface area (Å²) in [4.78, 5) is 4.29. The van der Waals surface area contributed by atoms with Crippen LogP contribution in [0.3, 0.4) is 0 Å². The first-order chi connectivity index (χ1) is 8.31. The Morgan fingerprint density at radius 2 is 2.29 bits per heavy atom. The molecule has 0 bridgehead atoms. The number of ether oxygens (including phenoxy) is 1. The van der Waals surface area contributed by atoms with Gasteiger partial charge in [-0.15, -0.1) is 11.6 Å². The summed E-state index contributed by atoms with van der Waals surface area (Å²) in [5.41, 5.74) is 1.04. The maximum Gasteiger partial charge on any atom is 0.213 e. The lowest BCUT2D eigenvalue weighted by atomic mass is 9.85. The molecule has 0 spiro atoms. The summed E-state index contributed by atoms with van der Waals surface area (Å²) in [5.74, 6) is 2.07. The minimum Gasteiger partial charge on any atom is -0.474 e. The molecular weight excluding hydrogens is 234 g/mol. The van der Waals surface area contributed by atoms with E-state index in [0.717, 1.165) is 23.8 Å². The topological polar surface area (TPSA) is 22.1 Å². The van der Waals surface area contributed by atoms with Gasteiger partial charge in [0.15, 0.2) is 0 Å². The van der Waals surface area contributed by atoms with Gasteiger partial charge in [0.05, 0.1) is 0 Å². The lowest BCUT2D eigenvalue weighted by Gasteiger charge is -2.28. The van der Waals surface area contributed by atoms with Crippen LogP contribution in [0.1, 0.15) is 44.6 Å². The van der Waals surface area contributed by atoms with E-state index >= 15 is 0 Å². The molecule has 0 radical (unpaired) electrons. The Morgan fingerprint density at radius 3 is 2.94 bits per heavy atom. The van der Waals surface area contributed by atoms with Gasteiger partial charge in [-0.1, -0.05) is 25.8 Å². The number of hydrogen-bond acceptors (Lipinski definition) is 2. The molecule has 2 rings (SSSR count). The average Bonchev–Trinajstić information content (AvgIpc) is 2.40. The van der Waals surface area contributed by atoms with Crippen molar-refractivity contribution in [1.82, 2.24) is 4.98 Å². The lowest BCUT2D eigenvalue weighted by molar-refractivity contribution is 0.117. The van der Waals surface area contributed by atoms with Gasteiger partial charge in [-0.25, -0.2) is 4.98 Å². The summed E-state index contributed by atoms with van der Waals surface area (Å²) < 4.78 is 5.93. The fourth-order valence-electron chi connectivity index (χ4n) is 2.45. The van der Waals surface area contributed by atoms with Crippen LogP contribution < -0.4 is 4.74 Å². The van der Waals surface area contributed by atoms with Gasteiger partial charge in [0.1, 0.15) is 6.10 Å². The summed E-state index contributed by atoms with van der Waals surface area (Å²) in [7, 11) is 0. The van der Waals surface area contributed by atoms with Gasteiger partial charge >= 0.3 is 0 Å². The SMILES string of the molecule is CCC1CCCC(Oc2ccc(CCl)cn2)C1. The monoisotopic (exact) mass is 253 g/mol. The fourth-order valence-corrected chi connectivity index (χ4v) is 2.61. The summed E-state index contributed by atoms with van der Waals surface area (Å²) in [6.07, 6.45) is 8.38. The second-order valence-corrected chi connectivity index (χ2v) is 5.09. The molecule has 0 N–H and O–H groups in total. The van der Waals surface area contributed by atoms with Gasteiger partial charge in [-0.05, 0) is 30.7 Å². The number of pyridine rings is 1. The highest BCUT2D eigenvalue weighted by molar-refractivity contribution is 6.17. The quantitative estimate of drug-likeness (QED) is 0.752. The maximum absolute atomic E-state index is 5.93. The van der Waals surface area contributed by atoms with E-state index in [9.17, 15) is 0 Å². The predicted molar refractivity (Wildman–Crippen MR) is 70.5 cm³/mol. The first-order valence-corrected chi connectivity index (χ1v) is 7.02. The van der Waals surface area contributed by atoms with Crippen molar-refractivity contribution >= 4 is 11.6 Å². The molecule has 1 aliphatic carbocycles. The minimum absolute atomic E-state index is 0.350. The molecule has 1 aromatic heterocycles. The van der Waals surface area contributed by atoms with Gasteiger partial charge in [0.25, 0.3) is 0 Å². The Hall–Kier alpha value is -0.760. The molecule has 0 aliphatic heterocycles. The van der Waals surface area contributed by atoms with Crippen molar-refractivity contribution < 1.29 is 4.74 Å². The number of alkyl halides is 1. The molecule has 0 amide bonds. The van der Waals surface area contributed by atoms with E-state index in [-0.39, 0.29) is 0 Å². The first kappa shape index (κ1) is 12.7. The Labute approximate surface area is 108 Å². The van der Waals surface area contributed by atoms with Crippen molar-refractivity contribution in [3.63, 3.8) is 0 Å². The predicted octanol–water partition coefficient (Wildman–Crippen LogP) is 4.17. The molecule has 2 unspecified atom stereocenters. The van der Waals surface area contributed by atoms with Gasteiger partial charge in [-0.3, -0.25) is 0 Å². The van der Waals surface area contributed by atoms with E-state index in [1.165, 1.54) is 25.7 Å². The standard InChI is InChI=1S/C14H20ClNO/c1-2-11-4-3-5-13(8-11)17-14-7-6-12(9-15)10-16-14/h6-7,10-11,13H,2-5,8-9H2,1H3. The Bertz CT molecular complexity index is 339. The van der Waals surface area contributed by atoms with Crippen molar-refractivity contribution in [2.75, 3.05) is 0 Å². The van der Waals surface area contributed by atoms with Crippen LogP contribution in [0.2, 0.25) is 0 Å². The van der Waals surface area contributed by atoms with Crippen LogP contribution in [0.25, 0.3) is 0 Å². The van der Waals surface area contributed by atoms with Crippen LogP contribution in [0.4, 0.5) is 0 Å². The number of hydrogen-bond donors (Lipinski definition) is 0. The molecule has 1 saturated carbocycles. The normalized spacial score (nSPS) is 24.6. The highest BCUT2D eigenvalue weighted by atomic mass is 35.5. The third-order valence-corrected chi connectivity index (χ3v) is 3.86. The zero-order valence-electron chi connectivity index (χ0n) is 10.4.